The van der Waals surface area contributed by atoms with E-state index < -0.39 is 0 Å². The molecule has 1 fully saturated rings. The number of ether oxygens (including phenoxy) is 1. The van der Waals surface area contributed by atoms with Crippen LogP contribution in [0.1, 0.15) is 28.8 Å². The van der Waals surface area contributed by atoms with Crippen molar-refractivity contribution in [1.29, 1.82) is 0 Å². The highest BCUT2D eigenvalue weighted by atomic mass is 16.5. The highest BCUT2D eigenvalue weighted by molar-refractivity contribution is 5.57. The standard InChI is InChI=1S/C23H24N4O2/c1-15-16(2)25-21(26-22(15)28)18-7-8-20(24-13-18)27-11-12-29-23(14-27)10-9-17-5-3-4-6-19(17)23/h3-8,13H,9-12,14H2,1-2H3,(H,25,26,28). The van der Waals surface area contributed by atoms with Gasteiger partial charge in [0.2, 0.25) is 0 Å². The molecule has 1 N–H and O–H groups in total. The molecule has 0 amide bonds. The van der Waals surface area contributed by atoms with Gasteiger partial charge in [-0.3, -0.25) is 4.79 Å². The van der Waals surface area contributed by atoms with Gasteiger partial charge in [-0.05, 0) is 49.9 Å². The lowest BCUT2D eigenvalue weighted by Crippen LogP contribution is -2.49. The normalized spacial score (nSPS) is 20.8. The fourth-order valence-corrected chi connectivity index (χ4v) is 4.44. The second-order valence-electron chi connectivity index (χ2n) is 7.95. The van der Waals surface area contributed by atoms with Crippen molar-refractivity contribution in [3.63, 3.8) is 0 Å². The molecule has 29 heavy (non-hydrogen) atoms. The summed E-state index contributed by atoms with van der Waals surface area (Å²) in [6.45, 7) is 5.93. The maximum atomic E-state index is 12.1. The zero-order valence-corrected chi connectivity index (χ0v) is 16.7. The van der Waals surface area contributed by atoms with Crippen LogP contribution in [0.3, 0.4) is 0 Å². The Morgan fingerprint density at radius 2 is 2.03 bits per heavy atom. The van der Waals surface area contributed by atoms with Gasteiger partial charge in [0.15, 0.2) is 0 Å². The Balaban J connectivity index is 1.42. The maximum Gasteiger partial charge on any atom is 0.254 e. The highest BCUT2D eigenvalue weighted by Gasteiger charge is 2.43. The van der Waals surface area contributed by atoms with Gasteiger partial charge in [0.25, 0.3) is 5.56 Å². The Morgan fingerprint density at radius 3 is 2.83 bits per heavy atom. The summed E-state index contributed by atoms with van der Waals surface area (Å²) >= 11 is 0. The van der Waals surface area contributed by atoms with Crippen molar-refractivity contribution in [2.75, 3.05) is 24.6 Å². The molecule has 148 valence electrons. The minimum atomic E-state index is -0.240. The lowest BCUT2D eigenvalue weighted by Gasteiger charge is -2.41. The highest BCUT2D eigenvalue weighted by Crippen LogP contribution is 2.42. The molecular weight excluding hydrogens is 364 g/mol. The number of rotatable bonds is 2. The van der Waals surface area contributed by atoms with Gasteiger partial charge in [-0.15, -0.1) is 0 Å². The van der Waals surface area contributed by atoms with E-state index in [2.05, 4.69) is 44.1 Å². The van der Waals surface area contributed by atoms with E-state index in [0.29, 0.717) is 18.0 Å². The summed E-state index contributed by atoms with van der Waals surface area (Å²) in [5.41, 5.74) is 4.56. The van der Waals surface area contributed by atoms with Crippen LogP contribution < -0.4 is 10.5 Å². The molecule has 1 aromatic carbocycles. The third-order valence-corrected chi connectivity index (χ3v) is 6.23. The lowest BCUT2D eigenvalue weighted by molar-refractivity contribution is -0.0594. The predicted octanol–water partition coefficient (Wildman–Crippen LogP) is 3.13. The zero-order valence-electron chi connectivity index (χ0n) is 16.7. The summed E-state index contributed by atoms with van der Waals surface area (Å²) in [7, 11) is 0. The molecule has 1 aliphatic carbocycles. The van der Waals surface area contributed by atoms with Crippen LogP contribution in [0.15, 0.2) is 47.4 Å². The van der Waals surface area contributed by atoms with E-state index in [-0.39, 0.29) is 11.2 Å². The topological polar surface area (TPSA) is 71.1 Å². The number of anilines is 1. The third-order valence-electron chi connectivity index (χ3n) is 6.23. The molecule has 6 nitrogen and oxygen atoms in total. The van der Waals surface area contributed by atoms with E-state index in [1.54, 1.807) is 13.1 Å². The summed E-state index contributed by atoms with van der Waals surface area (Å²) in [5, 5.41) is 0. The van der Waals surface area contributed by atoms with Gasteiger partial charge in [0.05, 0.1) is 13.2 Å². The molecule has 0 bridgehead atoms. The molecule has 1 saturated heterocycles. The SMILES string of the molecule is Cc1nc(-c2ccc(N3CCOC4(CCc5ccccc54)C3)nc2)[nH]c(=O)c1C. The number of nitrogens with zero attached hydrogens (tertiary/aromatic N) is 3. The quantitative estimate of drug-likeness (QED) is 0.730. The number of fused-ring (bicyclic) bond motifs is 2. The molecule has 1 aliphatic heterocycles. The van der Waals surface area contributed by atoms with Crippen molar-refractivity contribution in [3.05, 3.63) is 75.3 Å². The largest absolute Gasteiger partial charge is 0.367 e. The number of hydrogen-bond donors (Lipinski definition) is 1. The van der Waals surface area contributed by atoms with Gasteiger partial charge < -0.3 is 14.6 Å². The van der Waals surface area contributed by atoms with Gasteiger partial charge in [-0.2, -0.15) is 0 Å². The number of pyridine rings is 1. The molecule has 1 unspecified atom stereocenters. The zero-order chi connectivity index (χ0) is 20.0. The smallest absolute Gasteiger partial charge is 0.254 e. The van der Waals surface area contributed by atoms with Crippen LogP contribution in [0.4, 0.5) is 5.82 Å². The Bertz CT molecular complexity index is 1120. The minimum absolute atomic E-state index is 0.105. The van der Waals surface area contributed by atoms with E-state index in [0.717, 1.165) is 43.0 Å². The lowest BCUT2D eigenvalue weighted by atomic mass is 9.93. The Kier molecular flexibility index (Phi) is 4.24. The molecule has 3 aromatic rings. The molecule has 6 heteroatoms. The van der Waals surface area contributed by atoms with E-state index in [1.807, 2.05) is 19.1 Å². The Hall–Kier alpha value is -2.99. The van der Waals surface area contributed by atoms with Gasteiger partial charge in [-0.25, -0.2) is 9.97 Å². The van der Waals surface area contributed by atoms with Crippen molar-refractivity contribution in [2.24, 2.45) is 0 Å². The first-order valence-electron chi connectivity index (χ1n) is 10.1. The number of aromatic nitrogens is 3. The second-order valence-corrected chi connectivity index (χ2v) is 7.95. The van der Waals surface area contributed by atoms with Crippen LogP contribution in [0.25, 0.3) is 11.4 Å². The third kappa shape index (κ3) is 3.04. The average molecular weight is 388 g/mol. The van der Waals surface area contributed by atoms with Gasteiger partial charge in [0.1, 0.15) is 17.2 Å². The Labute approximate surface area is 169 Å². The fraction of sp³-hybridized carbons (Fsp3) is 0.348. The van der Waals surface area contributed by atoms with E-state index >= 15 is 0 Å². The number of hydrogen-bond acceptors (Lipinski definition) is 5. The van der Waals surface area contributed by atoms with Crippen LogP contribution in [-0.4, -0.2) is 34.6 Å². The van der Waals surface area contributed by atoms with E-state index in [4.69, 9.17) is 4.74 Å². The van der Waals surface area contributed by atoms with Crippen molar-refractivity contribution in [3.8, 4) is 11.4 Å². The van der Waals surface area contributed by atoms with Gasteiger partial charge in [-0.1, -0.05) is 24.3 Å². The van der Waals surface area contributed by atoms with Crippen molar-refractivity contribution in [1.82, 2.24) is 15.0 Å². The van der Waals surface area contributed by atoms with Crippen LogP contribution >= 0.6 is 0 Å². The number of benzene rings is 1. The molecule has 0 saturated carbocycles. The molecular formula is C23H24N4O2. The molecule has 2 aromatic heterocycles. The average Bonchev–Trinajstić information content (AvgIpc) is 3.10. The van der Waals surface area contributed by atoms with Crippen molar-refractivity contribution >= 4 is 5.82 Å². The second kappa shape index (κ2) is 6.81. The van der Waals surface area contributed by atoms with Crippen LogP contribution in [-0.2, 0) is 16.8 Å². The van der Waals surface area contributed by atoms with Crippen LogP contribution in [0.5, 0.6) is 0 Å². The first-order valence-corrected chi connectivity index (χ1v) is 10.1. The number of H-pyrrole nitrogens is 1. The number of morpholine rings is 1. The molecule has 3 heterocycles. The van der Waals surface area contributed by atoms with Crippen molar-refractivity contribution in [2.45, 2.75) is 32.3 Å². The number of aromatic amines is 1. The van der Waals surface area contributed by atoms with E-state index in [1.165, 1.54) is 11.1 Å². The van der Waals surface area contributed by atoms with Gasteiger partial charge in [0, 0.05) is 29.6 Å². The van der Waals surface area contributed by atoms with Crippen LogP contribution in [0.2, 0.25) is 0 Å². The first-order chi connectivity index (χ1) is 14.1. The summed E-state index contributed by atoms with van der Waals surface area (Å²) in [6, 6.07) is 12.6. The molecule has 0 radical (unpaired) electrons. The van der Waals surface area contributed by atoms with Crippen molar-refractivity contribution < 1.29 is 4.74 Å². The summed E-state index contributed by atoms with van der Waals surface area (Å²) < 4.78 is 6.32. The monoisotopic (exact) mass is 388 g/mol. The molecule has 2 aliphatic rings. The fourth-order valence-electron chi connectivity index (χ4n) is 4.44. The number of nitrogens with one attached hydrogen (secondary N) is 1. The minimum Gasteiger partial charge on any atom is -0.367 e. The molecule has 1 spiro atoms. The predicted molar refractivity (Wildman–Crippen MR) is 112 cm³/mol. The maximum absolute atomic E-state index is 12.1. The molecule has 1 atom stereocenters. The van der Waals surface area contributed by atoms with E-state index in [9.17, 15) is 4.79 Å². The summed E-state index contributed by atoms with van der Waals surface area (Å²) in [6.07, 6.45) is 3.85. The van der Waals surface area contributed by atoms with Gasteiger partial charge >= 0.3 is 0 Å². The first kappa shape index (κ1) is 18.1. The summed E-state index contributed by atoms with van der Waals surface area (Å²) in [4.78, 5) is 26.4. The number of aryl methyl sites for hydroxylation is 2. The molecule has 5 rings (SSSR count). The Morgan fingerprint density at radius 1 is 1.17 bits per heavy atom. The van der Waals surface area contributed by atoms with Crippen LogP contribution in [0, 0.1) is 13.8 Å². The summed E-state index contributed by atoms with van der Waals surface area (Å²) in [5.74, 6) is 1.48.